The molecule has 4 rings (SSSR count). The third-order valence-electron chi connectivity index (χ3n) is 5.27. The van der Waals surface area contributed by atoms with E-state index in [1.165, 1.54) is 22.2 Å². The van der Waals surface area contributed by atoms with Crippen LogP contribution in [0.2, 0.25) is 0 Å². The Kier molecular flexibility index (Phi) is 3.92. The van der Waals surface area contributed by atoms with Crippen molar-refractivity contribution in [2.24, 2.45) is 5.41 Å². The second-order valence-corrected chi connectivity index (χ2v) is 8.32. The Bertz CT molecular complexity index is 901. The minimum Gasteiger partial charge on any atom is -0.357 e. The third kappa shape index (κ3) is 2.98. The molecule has 0 bridgehead atoms. The summed E-state index contributed by atoms with van der Waals surface area (Å²) in [5, 5.41) is 1.39. The number of benzene rings is 1. The van der Waals surface area contributed by atoms with Crippen molar-refractivity contribution < 1.29 is 0 Å². The van der Waals surface area contributed by atoms with Crippen molar-refractivity contribution in [2.75, 3.05) is 6.54 Å². The van der Waals surface area contributed by atoms with E-state index in [1.807, 2.05) is 0 Å². The number of H-pyrrole nitrogens is 1. The second kappa shape index (κ2) is 5.99. The maximum Gasteiger partial charge on any atom is 0.0554 e. The fourth-order valence-electron chi connectivity index (χ4n) is 4.34. The first-order valence-electron chi connectivity index (χ1n) is 9.19. The summed E-state index contributed by atoms with van der Waals surface area (Å²) in [6.45, 7) is 11.1. The van der Waals surface area contributed by atoms with E-state index in [0.29, 0.717) is 6.04 Å². The molecule has 3 heteroatoms. The van der Waals surface area contributed by atoms with Gasteiger partial charge in [0.2, 0.25) is 0 Å². The molecule has 0 aliphatic carbocycles. The quantitative estimate of drug-likeness (QED) is 0.714. The Hall–Kier alpha value is -2.13. The van der Waals surface area contributed by atoms with Gasteiger partial charge in [0.25, 0.3) is 0 Å². The highest BCUT2D eigenvalue weighted by Crippen LogP contribution is 2.44. The summed E-state index contributed by atoms with van der Waals surface area (Å²) in [4.78, 5) is 11.1. The molecule has 3 aromatic rings. The molecule has 0 radical (unpaired) electrons. The lowest BCUT2D eigenvalue weighted by Gasteiger charge is -2.43. The highest BCUT2D eigenvalue weighted by molar-refractivity contribution is 5.85. The average Bonchev–Trinajstić information content (AvgIpc) is 2.91. The zero-order chi connectivity index (χ0) is 17.6. The highest BCUT2D eigenvalue weighted by Gasteiger charge is 2.38. The minimum absolute atomic E-state index is 0.153. The maximum atomic E-state index is 4.73. The van der Waals surface area contributed by atoms with Crippen LogP contribution in [0.5, 0.6) is 0 Å². The number of nitrogens with one attached hydrogen (secondary N) is 1. The number of aromatic nitrogens is 2. The number of fused-ring (bicyclic) bond motifs is 3. The molecule has 0 saturated heterocycles. The Morgan fingerprint density at radius 1 is 1.12 bits per heavy atom. The average molecular weight is 333 g/mol. The van der Waals surface area contributed by atoms with Gasteiger partial charge in [-0.25, -0.2) is 0 Å². The number of nitrogens with zero attached hydrogens (tertiary/aromatic N) is 2. The zero-order valence-corrected chi connectivity index (χ0v) is 15.6. The van der Waals surface area contributed by atoms with Crippen LogP contribution in [0, 0.1) is 12.3 Å². The van der Waals surface area contributed by atoms with Gasteiger partial charge in [0.05, 0.1) is 11.7 Å². The van der Waals surface area contributed by atoms with Crippen LogP contribution in [-0.4, -0.2) is 21.4 Å². The Labute approximate surface area is 150 Å². The predicted octanol–water partition coefficient (Wildman–Crippen LogP) is 5.02. The van der Waals surface area contributed by atoms with Gasteiger partial charge >= 0.3 is 0 Å². The van der Waals surface area contributed by atoms with E-state index in [2.05, 4.69) is 80.0 Å². The van der Waals surface area contributed by atoms with E-state index < -0.39 is 0 Å². The molecule has 3 nitrogen and oxygen atoms in total. The van der Waals surface area contributed by atoms with Gasteiger partial charge in [0.1, 0.15) is 0 Å². The first-order chi connectivity index (χ1) is 11.9. The summed E-state index contributed by atoms with van der Waals surface area (Å²) in [5.74, 6) is 0. The van der Waals surface area contributed by atoms with Crippen LogP contribution in [0.1, 0.15) is 49.5 Å². The van der Waals surface area contributed by atoms with Crippen LogP contribution >= 0.6 is 0 Å². The Morgan fingerprint density at radius 2 is 1.92 bits per heavy atom. The van der Waals surface area contributed by atoms with E-state index in [-0.39, 0.29) is 5.41 Å². The number of aryl methyl sites for hydroxylation is 1. The fourth-order valence-corrected chi connectivity index (χ4v) is 4.34. The number of aromatic amines is 1. The van der Waals surface area contributed by atoms with Gasteiger partial charge < -0.3 is 4.98 Å². The summed E-state index contributed by atoms with van der Waals surface area (Å²) in [5.41, 5.74) is 6.57. The maximum absolute atomic E-state index is 4.73. The molecule has 0 spiro atoms. The molecule has 3 heterocycles. The standard InChI is InChI=1S/C22H27N3/c1-15-8-7-9-16(23-15)14-25-13-12-18-17-10-5-6-11-19(17)24-20(18)21(25)22(2,3)4/h5-11,21,24H,12-14H2,1-4H3. The lowest BCUT2D eigenvalue weighted by atomic mass is 9.79. The largest absolute Gasteiger partial charge is 0.357 e. The molecule has 1 atom stereocenters. The van der Waals surface area contributed by atoms with Gasteiger partial charge in [-0.1, -0.05) is 45.0 Å². The third-order valence-corrected chi connectivity index (χ3v) is 5.27. The lowest BCUT2D eigenvalue weighted by Crippen LogP contribution is -2.41. The molecule has 1 aliphatic heterocycles. The summed E-state index contributed by atoms with van der Waals surface area (Å²) >= 11 is 0. The second-order valence-electron chi connectivity index (χ2n) is 8.32. The molecule has 130 valence electrons. The van der Waals surface area contributed by atoms with Crippen molar-refractivity contribution in [3.63, 3.8) is 0 Å². The topological polar surface area (TPSA) is 31.9 Å². The molecule has 1 N–H and O–H groups in total. The van der Waals surface area contributed by atoms with Gasteiger partial charge in [-0.2, -0.15) is 0 Å². The van der Waals surface area contributed by atoms with E-state index in [4.69, 9.17) is 4.98 Å². The number of hydrogen-bond acceptors (Lipinski definition) is 2. The molecule has 1 aliphatic rings. The van der Waals surface area contributed by atoms with Crippen molar-refractivity contribution in [3.8, 4) is 0 Å². The summed E-state index contributed by atoms with van der Waals surface area (Å²) in [7, 11) is 0. The van der Waals surface area contributed by atoms with Gasteiger partial charge in [-0.3, -0.25) is 9.88 Å². The van der Waals surface area contributed by atoms with Gasteiger partial charge in [-0.15, -0.1) is 0 Å². The van der Waals surface area contributed by atoms with E-state index >= 15 is 0 Å². The van der Waals surface area contributed by atoms with Gasteiger partial charge in [0, 0.05) is 35.4 Å². The molecular formula is C22H27N3. The van der Waals surface area contributed by atoms with Crippen LogP contribution in [-0.2, 0) is 13.0 Å². The predicted molar refractivity (Wildman–Crippen MR) is 104 cm³/mol. The Balaban J connectivity index is 1.76. The van der Waals surface area contributed by atoms with Crippen molar-refractivity contribution in [3.05, 3.63) is 65.1 Å². The summed E-state index contributed by atoms with van der Waals surface area (Å²) < 4.78 is 0. The van der Waals surface area contributed by atoms with Crippen LogP contribution in [0.25, 0.3) is 10.9 Å². The summed E-state index contributed by atoms with van der Waals surface area (Å²) in [6.07, 6.45) is 1.09. The molecular weight excluding hydrogens is 306 g/mol. The monoisotopic (exact) mass is 333 g/mol. The normalized spacial score (nSPS) is 18.5. The molecule has 1 unspecified atom stereocenters. The number of rotatable bonds is 2. The lowest BCUT2D eigenvalue weighted by molar-refractivity contribution is 0.0781. The fraction of sp³-hybridized carbons (Fsp3) is 0.409. The Morgan fingerprint density at radius 3 is 2.68 bits per heavy atom. The molecule has 0 fully saturated rings. The first kappa shape index (κ1) is 16.3. The highest BCUT2D eigenvalue weighted by atomic mass is 15.2. The van der Waals surface area contributed by atoms with Crippen LogP contribution in [0.3, 0.4) is 0 Å². The van der Waals surface area contributed by atoms with Crippen molar-refractivity contribution in [1.29, 1.82) is 0 Å². The van der Waals surface area contributed by atoms with Gasteiger partial charge in [0.15, 0.2) is 0 Å². The van der Waals surface area contributed by atoms with E-state index in [9.17, 15) is 0 Å². The molecule has 25 heavy (non-hydrogen) atoms. The van der Waals surface area contributed by atoms with Gasteiger partial charge in [-0.05, 0) is 42.5 Å². The molecule has 0 amide bonds. The van der Waals surface area contributed by atoms with Crippen molar-refractivity contribution in [1.82, 2.24) is 14.9 Å². The number of para-hydroxylation sites is 1. The zero-order valence-electron chi connectivity index (χ0n) is 15.6. The number of hydrogen-bond donors (Lipinski definition) is 1. The number of pyridine rings is 1. The molecule has 1 aromatic carbocycles. The van der Waals surface area contributed by atoms with Crippen molar-refractivity contribution >= 4 is 10.9 Å². The van der Waals surface area contributed by atoms with Crippen LogP contribution < -0.4 is 0 Å². The molecule has 2 aromatic heterocycles. The van der Waals surface area contributed by atoms with E-state index in [0.717, 1.165) is 30.9 Å². The summed E-state index contributed by atoms with van der Waals surface area (Å²) in [6, 6.07) is 15.4. The van der Waals surface area contributed by atoms with Crippen molar-refractivity contribution in [2.45, 2.75) is 46.7 Å². The smallest absolute Gasteiger partial charge is 0.0554 e. The SMILES string of the molecule is Cc1cccc(CN2CCc3c([nH]c4ccccc34)C2C(C)(C)C)n1. The minimum atomic E-state index is 0.153. The molecule has 0 saturated carbocycles. The van der Waals surface area contributed by atoms with E-state index in [1.54, 1.807) is 0 Å². The van der Waals surface area contributed by atoms with Crippen LogP contribution in [0.15, 0.2) is 42.5 Å². The van der Waals surface area contributed by atoms with Crippen LogP contribution in [0.4, 0.5) is 0 Å². The first-order valence-corrected chi connectivity index (χ1v) is 9.19.